The van der Waals surface area contributed by atoms with E-state index in [9.17, 15) is 0 Å². The Morgan fingerprint density at radius 1 is 0.909 bits per heavy atom. The Labute approximate surface area is 80.3 Å². The average Bonchev–Trinajstić information content (AvgIpc) is 2.01. The zero-order valence-electron chi connectivity index (χ0n) is 7.28. The second kappa shape index (κ2) is 8.67. The third-order valence-corrected chi connectivity index (χ3v) is 2.45. The van der Waals surface area contributed by atoms with Crippen molar-refractivity contribution >= 4 is 23.2 Å². The van der Waals surface area contributed by atoms with Gasteiger partial charge in [0.25, 0.3) is 0 Å². The van der Waals surface area contributed by atoms with Gasteiger partial charge in [-0.25, -0.2) is 0 Å². The van der Waals surface area contributed by atoms with Crippen LogP contribution < -0.4 is 0 Å². The van der Waals surface area contributed by atoms with Crippen LogP contribution in [0.15, 0.2) is 0 Å². The van der Waals surface area contributed by atoms with Crippen molar-refractivity contribution in [3.8, 4) is 0 Å². The Morgan fingerprint density at radius 2 is 1.45 bits per heavy atom. The largest absolute Gasteiger partial charge is 0.127 e. The summed E-state index contributed by atoms with van der Waals surface area (Å²) >= 11 is 11.2. The Balaban J connectivity index is 3.02. The van der Waals surface area contributed by atoms with Crippen LogP contribution in [0, 0.1) is 5.92 Å². The molecule has 0 spiro atoms. The van der Waals surface area contributed by atoms with E-state index in [0.29, 0.717) is 0 Å². The van der Waals surface area contributed by atoms with E-state index in [1.165, 1.54) is 19.3 Å². The SMILES string of the molecule is CC(CCCCl)CCCCCl. The standard InChI is InChI=1S/C9H18Cl2/c1-9(6-4-8-11)5-2-3-7-10/h9H,2-8H2,1H3. The lowest BCUT2D eigenvalue weighted by Crippen LogP contribution is -1.95. The molecule has 0 rings (SSSR count). The van der Waals surface area contributed by atoms with Crippen molar-refractivity contribution in [2.24, 2.45) is 5.92 Å². The lowest BCUT2D eigenvalue weighted by atomic mass is 10.00. The predicted molar refractivity (Wildman–Crippen MR) is 53.7 cm³/mol. The Kier molecular flexibility index (Phi) is 9.13. The Hall–Kier alpha value is 0.580. The fraction of sp³-hybridized carbons (Fsp3) is 1.00. The summed E-state index contributed by atoms with van der Waals surface area (Å²) in [6, 6.07) is 0. The topological polar surface area (TPSA) is 0 Å². The lowest BCUT2D eigenvalue weighted by molar-refractivity contribution is 0.468. The normalized spacial score (nSPS) is 13.4. The van der Waals surface area contributed by atoms with Gasteiger partial charge in [-0.3, -0.25) is 0 Å². The highest BCUT2D eigenvalue weighted by molar-refractivity contribution is 6.18. The molecule has 0 N–H and O–H groups in total. The van der Waals surface area contributed by atoms with Gasteiger partial charge in [-0.1, -0.05) is 19.8 Å². The monoisotopic (exact) mass is 196 g/mol. The van der Waals surface area contributed by atoms with Gasteiger partial charge in [0.1, 0.15) is 0 Å². The molecule has 68 valence electrons. The fourth-order valence-electron chi connectivity index (χ4n) is 1.16. The summed E-state index contributed by atoms with van der Waals surface area (Å²) in [5.74, 6) is 2.44. The van der Waals surface area contributed by atoms with Crippen LogP contribution in [0.4, 0.5) is 0 Å². The van der Waals surface area contributed by atoms with E-state index in [2.05, 4.69) is 6.92 Å². The molecule has 0 aliphatic rings. The number of alkyl halides is 2. The molecule has 0 saturated carbocycles. The first-order chi connectivity index (χ1) is 5.31. The van der Waals surface area contributed by atoms with E-state index in [4.69, 9.17) is 23.2 Å². The van der Waals surface area contributed by atoms with Crippen LogP contribution in [-0.4, -0.2) is 11.8 Å². The molecule has 0 amide bonds. The van der Waals surface area contributed by atoms with Gasteiger partial charge in [0.05, 0.1) is 0 Å². The molecule has 0 bridgehead atoms. The summed E-state index contributed by atoms with van der Waals surface area (Å²) < 4.78 is 0. The van der Waals surface area contributed by atoms with Gasteiger partial charge in [-0.05, 0) is 25.2 Å². The zero-order chi connectivity index (χ0) is 8.53. The van der Waals surface area contributed by atoms with Crippen molar-refractivity contribution in [3.05, 3.63) is 0 Å². The summed E-state index contributed by atoms with van der Waals surface area (Å²) in [6.45, 7) is 2.29. The first kappa shape index (κ1) is 11.6. The van der Waals surface area contributed by atoms with Crippen molar-refractivity contribution in [1.82, 2.24) is 0 Å². The maximum absolute atomic E-state index is 5.59. The molecule has 0 heterocycles. The lowest BCUT2D eigenvalue weighted by Gasteiger charge is -2.08. The van der Waals surface area contributed by atoms with Gasteiger partial charge >= 0.3 is 0 Å². The molecule has 0 radical (unpaired) electrons. The van der Waals surface area contributed by atoms with E-state index in [-0.39, 0.29) is 0 Å². The van der Waals surface area contributed by atoms with Crippen molar-refractivity contribution in [2.45, 2.75) is 39.0 Å². The zero-order valence-corrected chi connectivity index (χ0v) is 8.79. The number of halogens is 2. The smallest absolute Gasteiger partial charge is 0.0223 e. The molecular formula is C9H18Cl2. The molecule has 0 aliphatic carbocycles. The van der Waals surface area contributed by atoms with E-state index in [1.807, 2.05) is 0 Å². The van der Waals surface area contributed by atoms with Crippen LogP contribution >= 0.6 is 23.2 Å². The minimum atomic E-state index is 0.805. The van der Waals surface area contributed by atoms with Crippen LogP contribution in [0.2, 0.25) is 0 Å². The molecule has 0 saturated heterocycles. The average molecular weight is 197 g/mol. The second-order valence-electron chi connectivity index (χ2n) is 3.12. The molecule has 0 aromatic heterocycles. The van der Waals surface area contributed by atoms with Crippen LogP contribution in [-0.2, 0) is 0 Å². The molecule has 0 fully saturated rings. The van der Waals surface area contributed by atoms with E-state index < -0.39 is 0 Å². The minimum absolute atomic E-state index is 0.805. The maximum atomic E-state index is 5.59. The molecule has 0 aromatic carbocycles. The number of unbranched alkanes of at least 4 members (excludes halogenated alkanes) is 1. The van der Waals surface area contributed by atoms with Crippen molar-refractivity contribution < 1.29 is 0 Å². The molecular weight excluding hydrogens is 179 g/mol. The van der Waals surface area contributed by atoms with Gasteiger partial charge in [-0.2, -0.15) is 0 Å². The van der Waals surface area contributed by atoms with E-state index in [1.54, 1.807) is 0 Å². The Morgan fingerprint density at radius 3 is 2.00 bits per heavy atom. The first-order valence-corrected chi connectivity index (χ1v) is 5.50. The van der Waals surface area contributed by atoms with Crippen molar-refractivity contribution in [3.63, 3.8) is 0 Å². The van der Waals surface area contributed by atoms with Crippen LogP contribution in [0.5, 0.6) is 0 Å². The molecule has 0 aromatic rings. The van der Waals surface area contributed by atoms with Gasteiger partial charge in [0.15, 0.2) is 0 Å². The van der Waals surface area contributed by atoms with Gasteiger partial charge in [0, 0.05) is 11.8 Å². The highest BCUT2D eigenvalue weighted by Crippen LogP contribution is 2.14. The Bertz CT molecular complexity index is 74.0. The molecule has 1 atom stereocenters. The summed E-state index contributed by atoms with van der Waals surface area (Å²) in [5.41, 5.74) is 0. The predicted octanol–water partition coefficient (Wildman–Crippen LogP) is 4.05. The maximum Gasteiger partial charge on any atom is 0.0223 e. The van der Waals surface area contributed by atoms with Crippen molar-refractivity contribution in [1.29, 1.82) is 0 Å². The van der Waals surface area contributed by atoms with Crippen LogP contribution in [0.25, 0.3) is 0 Å². The van der Waals surface area contributed by atoms with Crippen LogP contribution in [0.1, 0.15) is 39.0 Å². The number of rotatable bonds is 7. The quantitative estimate of drug-likeness (QED) is 0.426. The van der Waals surface area contributed by atoms with Gasteiger partial charge in [0.2, 0.25) is 0 Å². The first-order valence-electron chi connectivity index (χ1n) is 4.43. The summed E-state index contributed by atoms with van der Waals surface area (Å²) in [6.07, 6.45) is 6.17. The fourth-order valence-corrected chi connectivity index (χ4v) is 1.50. The van der Waals surface area contributed by atoms with Crippen molar-refractivity contribution in [2.75, 3.05) is 11.8 Å². The summed E-state index contributed by atoms with van der Waals surface area (Å²) in [7, 11) is 0. The second-order valence-corrected chi connectivity index (χ2v) is 3.88. The van der Waals surface area contributed by atoms with Gasteiger partial charge < -0.3 is 0 Å². The molecule has 1 unspecified atom stereocenters. The molecule has 0 nitrogen and oxygen atoms in total. The van der Waals surface area contributed by atoms with Crippen LogP contribution in [0.3, 0.4) is 0 Å². The molecule has 2 heteroatoms. The summed E-state index contributed by atoms with van der Waals surface area (Å²) in [4.78, 5) is 0. The van der Waals surface area contributed by atoms with Gasteiger partial charge in [-0.15, -0.1) is 23.2 Å². The number of hydrogen-bond acceptors (Lipinski definition) is 0. The van der Waals surface area contributed by atoms with E-state index >= 15 is 0 Å². The molecule has 0 aliphatic heterocycles. The molecule has 11 heavy (non-hydrogen) atoms. The third kappa shape index (κ3) is 8.49. The minimum Gasteiger partial charge on any atom is -0.127 e. The number of hydrogen-bond donors (Lipinski definition) is 0. The third-order valence-electron chi connectivity index (χ3n) is 1.91. The highest BCUT2D eigenvalue weighted by atomic mass is 35.5. The highest BCUT2D eigenvalue weighted by Gasteiger charge is 2.00. The van der Waals surface area contributed by atoms with E-state index in [0.717, 1.165) is 30.5 Å². The summed E-state index contributed by atoms with van der Waals surface area (Å²) in [5, 5.41) is 0.